The zero-order valence-corrected chi connectivity index (χ0v) is 19.0. The molecule has 0 bridgehead atoms. The lowest BCUT2D eigenvalue weighted by Crippen LogP contribution is -2.44. The summed E-state index contributed by atoms with van der Waals surface area (Å²) in [6.45, 7) is 2.23. The second kappa shape index (κ2) is 12.2. The molecule has 8 nitrogen and oxygen atoms in total. The number of hydrogen-bond acceptors (Lipinski definition) is 7. The van der Waals surface area contributed by atoms with Gasteiger partial charge < -0.3 is 26.2 Å². The molecule has 0 saturated heterocycles. The molecule has 1 unspecified atom stereocenters. The first-order chi connectivity index (χ1) is 16.0. The van der Waals surface area contributed by atoms with Gasteiger partial charge in [-0.25, -0.2) is 0 Å². The van der Waals surface area contributed by atoms with Crippen LogP contribution in [0.1, 0.15) is 21.5 Å². The van der Waals surface area contributed by atoms with Gasteiger partial charge in [-0.2, -0.15) is 0 Å². The SMILES string of the molecule is CN=CC(=CN)Nc1cccc(C(=O)N(CCO)CC(O)CN2CCc3ccccc3C2)c1. The van der Waals surface area contributed by atoms with Crippen molar-refractivity contribution in [3.8, 4) is 0 Å². The first-order valence-corrected chi connectivity index (χ1v) is 11.1. The number of benzene rings is 2. The number of rotatable bonds is 10. The lowest BCUT2D eigenvalue weighted by Gasteiger charge is -2.32. The molecule has 176 valence electrons. The zero-order chi connectivity index (χ0) is 23.6. The molecule has 1 amide bonds. The highest BCUT2D eigenvalue weighted by Crippen LogP contribution is 2.19. The lowest BCUT2D eigenvalue weighted by molar-refractivity contribution is 0.0466. The van der Waals surface area contributed by atoms with E-state index < -0.39 is 6.10 Å². The second-order valence-electron chi connectivity index (χ2n) is 8.10. The molecule has 1 heterocycles. The Morgan fingerprint density at radius 2 is 2.06 bits per heavy atom. The molecule has 33 heavy (non-hydrogen) atoms. The highest BCUT2D eigenvalue weighted by molar-refractivity contribution is 5.95. The van der Waals surface area contributed by atoms with Crippen LogP contribution in [0.5, 0.6) is 0 Å². The third-order valence-corrected chi connectivity index (χ3v) is 5.61. The van der Waals surface area contributed by atoms with Gasteiger partial charge in [-0.05, 0) is 35.7 Å². The molecule has 3 rings (SSSR count). The summed E-state index contributed by atoms with van der Waals surface area (Å²) in [6.07, 6.45) is 3.21. The van der Waals surface area contributed by atoms with E-state index in [4.69, 9.17) is 5.73 Å². The van der Waals surface area contributed by atoms with E-state index in [0.29, 0.717) is 23.5 Å². The van der Waals surface area contributed by atoms with Gasteiger partial charge in [-0.1, -0.05) is 30.3 Å². The molecule has 1 atom stereocenters. The van der Waals surface area contributed by atoms with E-state index in [1.807, 2.05) is 12.1 Å². The molecule has 0 fully saturated rings. The van der Waals surface area contributed by atoms with E-state index >= 15 is 0 Å². The van der Waals surface area contributed by atoms with Crippen LogP contribution < -0.4 is 11.1 Å². The van der Waals surface area contributed by atoms with Gasteiger partial charge in [0.1, 0.15) is 0 Å². The van der Waals surface area contributed by atoms with E-state index in [-0.39, 0.29) is 25.6 Å². The van der Waals surface area contributed by atoms with Gasteiger partial charge >= 0.3 is 0 Å². The smallest absolute Gasteiger partial charge is 0.254 e. The second-order valence-corrected chi connectivity index (χ2v) is 8.10. The van der Waals surface area contributed by atoms with Crippen LogP contribution in [0.25, 0.3) is 0 Å². The molecule has 0 spiro atoms. The number of nitrogens with two attached hydrogens (primary N) is 1. The molecule has 1 aliphatic heterocycles. The molecule has 2 aromatic rings. The quantitative estimate of drug-likeness (QED) is 0.407. The molecular formula is C25H33N5O3. The average Bonchev–Trinajstić information content (AvgIpc) is 2.83. The summed E-state index contributed by atoms with van der Waals surface area (Å²) in [5.74, 6) is -0.252. The van der Waals surface area contributed by atoms with Crippen LogP contribution in [0.3, 0.4) is 0 Å². The van der Waals surface area contributed by atoms with Gasteiger partial charge in [0.2, 0.25) is 0 Å². The molecule has 0 aliphatic carbocycles. The fourth-order valence-corrected chi connectivity index (χ4v) is 4.05. The van der Waals surface area contributed by atoms with Gasteiger partial charge in [0.05, 0.1) is 18.4 Å². The Labute approximate surface area is 195 Å². The Morgan fingerprint density at radius 1 is 1.27 bits per heavy atom. The summed E-state index contributed by atoms with van der Waals surface area (Å²) in [5, 5.41) is 23.4. The maximum Gasteiger partial charge on any atom is 0.254 e. The first kappa shape index (κ1) is 24.4. The minimum atomic E-state index is -0.723. The Morgan fingerprint density at radius 3 is 2.79 bits per heavy atom. The van der Waals surface area contributed by atoms with Crippen molar-refractivity contribution in [2.24, 2.45) is 10.7 Å². The predicted molar refractivity (Wildman–Crippen MR) is 131 cm³/mol. The molecule has 8 heteroatoms. The van der Waals surface area contributed by atoms with Gasteiger partial charge in [-0.15, -0.1) is 0 Å². The number of nitrogens with zero attached hydrogens (tertiary/aromatic N) is 3. The normalized spacial score (nSPS) is 15.3. The number of hydrogen-bond donors (Lipinski definition) is 4. The third-order valence-electron chi connectivity index (χ3n) is 5.61. The van der Waals surface area contributed by atoms with Crippen LogP contribution in [-0.2, 0) is 13.0 Å². The number of carbonyl (C=O) groups is 1. The number of nitrogens with one attached hydrogen (secondary N) is 1. The van der Waals surface area contributed by atoms with Crippen molar-refractivity contribution in [1.29, 1.82) is 0 Å². The average molecular weight is 452 g/mol. The third kappa shape index (κ3) is 6.89. The van der Waals surface area contributed by atoms with Crippen molar-refractivity contribution in [3.63, 3.8) is 0 Å². The Balaban J connectivity index is 1.63. The topological polar surface area (TPSA) is 114 Å². The van der Waals surface area contributed by atoms with Crippen molar-refractivity contribution < 1.29 is 15.0 Å². The molecule has 0 saturated carbocycles. The van der Waals surface area contributed by atoms with Crippen molar-refractivity contribution in [3.05, 3.63) is 77.1 Å². The zero-order valence-electron chi connectivity index (χ0n) is 19.0. The van der Waals surface area contributed by atoms with E-state index in [9.17, 15) is 15.0 Å². The molecule has 1 aliphatic rings. The van der Waals surface area contributed by atoms with Crippen LogP contribution in [-0.4, -0.2) is 78.1 Å². The van der Waals surface area contributed by atoms with Crippen LogP contribution in [0.15, 0.2) is 65.4 Å². The fourth-order valence-electron chi connectivity index (χ4n) is 4.05. The van der Waals surface area contributed by atoms with Crippen molar-refractivity contribution >= 4 is 17.8 Å². The minimum absolute atomic E-state index is 0.144. The Bertz CT molecular complexity index is 992. The number of aliphatic hydroxyl groups excluding tert-OH is 2. The van der Waals surface area contributed by atoms with Gasteiger partial charge in [0, 0.05) is 63.4 Å². The highest BCUT2D eigenvalue weighted by atomic mass is 16.3. The number of anilines is 1. The number of amides is 1. The van der Waals surface area contributed by atoms with Crippen molar-refractivity contribution in [2.75, 3.05) is 45.2 Å². The van der Waals surface area contributed by atoms with E-state index in [1.54, 1.807) is 31.5 Å². The van der Waals surface area contributed by atoms with Crippen LogP contribution in [0.2, 0.25) is 0 Å². The van der Waals surface area contributed by atoms with Crippen LogP contribution in [0.4, 0.5) is 5.69 Å². The molecule has 2 aromatic carbocycles. The van der Waals surface area contributed by atoms with Crippen molar-refractivity contribution in [1.82, 2.24) is 9.80 Å². The Hall–Kier alpha value is -3.20. The minimum Gasteiger partial charge on any atom is -0.403 e. The lowest BCUT2D eigenvalue weighted by atomic mass is 10.00. The van der Waals surface area contributed by atoms with E-state index in [2.05, 4.69) is 33.4 Å². The summed E-state index contributed by atoms with van der Waals surface area (Å²) in [5.41, 5.74) is 9.98. The van der Waals surface area contributed by atoms with Gasteiger partial charge in [0.25, 0.3) is 5.91 Å². The number of allylic oxidation sites excluding steroid dienone is 1. The Kier molecular flexibility index (Phi) is 9.00. The highest BCUT2D eigenvalue weighted by Gasteiger charge is 2.23. The summed E-state index contributed by atoms with van der Waals surface area (Å²) >= 11 is 0. The number of fused-ring (bicyclic) bond motifs is 1. The number of β-amino-alcohol motifs (C(OH)–C–C–N with tert-alkyl or cyclic N) is 1. The predicted octanol–water partition coefficient (Wildman–Crippen LogP) is 1.45. The van der Waals surface area contributed by atoms with E-state index in [0.717, 1.165) is 19.5 Å². The standard InChI is InChI=1S/C25H33N5O3/c1-27-15-23(14-26)28-22-8-4-7-20(13-22)25(33)30(11-12-31)18-24(32)17-29-10-9-19-5-2-3-6-21(19)16-29/h2-8,13-15,24,28,31-32H,9-12,16-18,26H2,1H3. The number of aliphatic hydroxyl groups is 2. The first-order valence-electron chi connectivity index (χ1n) is 11.1. The summed E-state index contributed by atoms with van der Waals surface area (Å²) in [6, 6.07) is 15.4. The molecule has 5 N–H and O–H groups in total. The van der Waals surface area contributed by atoms with Crippen LogP contribution in [0, 0.1) is 0 Å². The van der Waals surface area contributed by atoms with E-state index in [1.165, 1.54) is 22.2 Å². The maximum absolute atomic E-state index is 13.2. The fraction of sp³-hybridized carbons (Fsp3) is 0.360. The molecular weight excluding hydrogens is 418 g/mol. The molecule has 0 aromatic heterocycles. The largest absolute Gasteiger partial charge is 0.403 e. The number of carbonyl (C=O) groups excluding carboxylic acids is 1. The summed E-state index contributed by atoms with van der Waals surface area (Å²) < 4.78 is 0. The molecule has 0 radical (unpaired) electrons. The van der Waals surface area contributed by atoms with Crippen molar-refractivity contribution in [2.45, 2.75) is 19.1 Å². The summed E-state index contributed by atoms with van der Waals surface area (Å²) in [7, 11) is 1.64. The van der Waals surface area contributed by atoms with Gasteiger partial charge in [0.15, 0.2) is 0 Å². The maximum atomic E-state index is 13.2. The van der Waals surface area contributed by atoms with Gasteiger partial charge in [-0.3, -0.25) is 14.7 Å². The summed E-state index contributed by atoms with van der Waals surface area (Å²) in [4.78, 5) is 20.8. The van der Waals surface area contributed by atoms with Crippen LogP contribution >= 0.6 is 0 Å². The monoisotopic (exact) mass is 451 g/mol. The number of aliphatic imine (C=N–C) groups is 1.